The molecule has 138 valence electrons. The first kappa shape index (κ1) is 18.9. The van der Waals surface area contributed by atoms with Crippen molar-refractivity contribution in [1.29, 1.82) is 5.26 Å². The van der Waals surface area contributed by atoms with Gasteiger partial charge in [-0.3, -0.25) is 4.98 Å². The highest BCUT2D eigenvalue weighted by Gasteiger charge is 2.15. The SMILES string of the molecule is CCn1c(SCC(O)COc2ccccc2C#N)nnc1-c1cccnc1. The molecule has 0 spiro atoms. The number of nitrogens with zero attached hydrogens (tertiary/aromatic N) is 5. The molecule has 0 amide bonds. The van der Waals surface area contributed by atoms with Crippen LogP contribution >= 0.6 is 11.8 Å². The Morgan fingerprint density at radius 1 is 1.26 bits per heavy atom. The highest BCUT2D eigenvalue weighted by molar-refractivity contribution is 7.99. The molecule has 0 saturated heterocycles. The van der Waals surface area contributed by atoms with Crippen molar-refractivity contribution in [2.24, 2.45) is 0 Å². The molecule has 0 aliphatic carbocycles. The summed E-state index contributed by atoms with van der Waals surface area (Å²) in [5.74, 6) is 1.63. The molecule has 1 N–H and O–H groups in total. The van der Waals surface area contributed by atoms with Gasteiger partial charge in [0.05, 0.1) is 11.7 Å². The van der Waals surface area contributed by atoms with Gasteiger partial charge in [-0.1, -0.05) is 23.9 Å². The zero-order valence-electron chi connectivity index (χ0n) is 14.8. The van der Waals surface area contributed by atoms with Gasteiger partial charge >= 0.3 is 0 Å². The van der Waals surface area contributed by atoms with E-state index in [2.05, 4.69) is 21.3 Å². The van der Waals surface area contributed by atoms with Crippen LogP contribution in [0, 0.1) is 11.3 Å². The summed E-state index contributed by atoms with van der Waals surface area (Å²) in [5.41, 5.74) is 1.35. The number of para-hydroxylation sites is 1. The summed E-state index contributed by atoms with van der Waals surface area (Å²) in [4.78, 5) is 4.12. The highest BCUT2D eigenvalue weighted by Crippen LogP contribution is 2.24. The van der Waals surface area contributed by atoms with Gasteiger partial charge in [-0.2, -0.15) is 5.26 Å². The van der Waals surface area contributed by atoms with E-state index in [1.807, 2.05) is 23.6 Å². The van der Waals surface area contributed by atoms with Crippen LogP contribution in [0.4, 0.5) is 0 Å². The van der Waals surface area contributed by atoms with Crippen molar-refractivity contribution in [3.8, 4) is 23.2 Å². The van der Waals surface area contributed by atoms with E-state index in [1.165, 1.54) is 11.8 Å². The largest absolute Gasteiger partial charge is 0.489 e. The zero-order valence-corrected chi connectivity index (χ0v) is 15.6. The topological polar surface area (TPSA) is 96.8 Å². The fraction of sp³-hybridized carbons (Fsp3) is 0.263. The number of benzene rings is 1. The molecule has 3 aromatic rings. The predicted molar refractivity (Wildman–Crippen MR) is 102 cm³/mol. The number of pyridine rings is 1. The lowest BCUT2D eigenvalue weighted by molar-refractivity contribution is 0.126. The number of aliphatic hydroxyl groups excluding tert-OH is 1. The Balaban J connectivity index is 1.60. The number of aromatic nitrogens is 4. The molecule has 0 bridgehead atoms. The van der Waals surface area contributed by atoms with Crippen LogP contribution in [0.25, 0.3) is 11.4 Å². The average molecular weight is 381 g/mol. The third-order valence-electron chi connectivity index (χ3n) is 3.80. The normalized spacial score (nSPS) is 11.7. The van der Waals surface area contributed by atoms with Crippen molar-refractivity contribution in [3.63, 3.8) is 0 Å². The third-order valence-corrected chi connectivity index (χ3v) is 4.91. The first-order valence-electron chi connectivity index (χ1n) is 8.49. The molecule has 2 aromatic heterocycles. The Bertz CT molecular complexity index is 923. The van der Waals surface area contributed by atoms with Crippen molar-refractivity contribution in [3.05, 3.63) is 54.4 Å². The summed E-state index contributed by atoms with van der Waals surface area (Å²) in [6.07, 6.45) is 2.76. The molecule has 0 aliphatic heterocycles. The fourth-order valence-corrected chi connectivity index (χ4v) is 3.39. The number of aliphatic hydroxyl groups is 1. The van der Waals surface area contributed by atoms with Crippen LogP contribution in [-0.2, 0) is 6.54 Å². The summed E-state index contributed by atoms with van der Waals surface area (Å²) >= 11 is 1.41. The van der Waals surface area contributed by atoms with Gasteiger partial charge in [0.25, 0.3) is 0 Å². The molecule has 1 aromatic carbocycles. The van der Waals surface area contributed by atoms with Crippen molar-refractivity contribution in [2.45, 2.75) is 24.7 Å². The van der Waals surface area contributed by atoms with E-state index in [1.54, 1.807) is 36.7 Å². The summed E-state index contributed by atoms with van der Waals surface area (Å²) in [6.45, 7) is 2.83. The molecule has 27 heavy (non-hydrogen) atoms. The lowest BCUT2D eigenvalue weighted by Gasteiger charge is -2.13. The smallest absolute Gasteiger partial charge is 0.191 e. The molecule has 0 aliphatic rings. The number of ether oxygens (including phenoxy) is 1. The van der Waals surface area contributed by atoms with Crippen LogP contribution in [0.1, 0.15) is 12.5 Å². The highest BCUT2D eigenvalue weighted by atomic mass is 32.2. The summed E-state index contributed by atoms with van der Waals surface area (Å²) in [6, 6.07) is 12.8. The standard InChI is InChI=1S/C19H19N5O2S/c1-2-24-18(15-7-5-9-21-11-15)22-23-19(24)27-13-16(25)12-26-17-8-4-3-6-14(17)10-20/h3-9,11,16,25H,2,12-13H2,1H3. The van der Waals surface area contributed by atoms with Crippen molar-refractivity contribution in [2.75, 3.05) is 12.4 Å². The molecule has 0 radical (unpaired) electrons. The van der Waals surface area contributed by atoms with E-state index >= 15 is 0 Å². The van der Waals surface area contributed by atoms with E-state index in [0.717, 1.165) is 16.5 Å². The molecule has 3 rings (SSSR count). The van der Waals surface area contributed by atoms with Gasteiger partial charge in [-0.15, -0.1) is 10.2 Å². The minimum atomic E-state index is -0.703. The molecule has 2 heterocycles. The second-order valence-electron chi connectivity index (χ2n) is 5.68. The Kier molecular flexibility index (Phi) is 6.41. The zero-order chi connectivity index (χ0) is 19.1. The van der Waals surface area contributed by atoms with Crippen molar-refractivity contribution in [1.82, 2.24) is 19.7 Å². The van der Waals surface area contributed by atoms with Crippen LogP contribution in [0.3, 0.4) is 0 Å². The Morgan fingerprint density at radius 3 is 2.85 bits per heavy atom. The van der Waals surface area contributed by atoms with Crippen LogP contribution < -0.4 is 4.74 Å². The molecular weight excluding hydrogens is 362 g/mol. The van der Waals surface area contributed by atoms with E-state index in [9.17, 15) is 5.11 Å². The van der Waals surface area contributed by atoms with Gasteiger partial charge in [0, 0.05) is 30.3 Å². The number of rotatable bonds is 8. The maximum atomic E-state index is 10.2. The van der Waals surface area contributed by atoms with E-state index in [0.29, 0.717) is 23.6 Å². The molecular formula is C19H19N5O2S. The van der Waals surface area contributed by atoms with Gasteiger partial charge in [-0.05, 0) is 31.2 Å². The van der Waals surface area contributed by atoms with Gasteiger partial charge in [0.15, 0.2) is 11.0 Å². The Hall–Kier alpha value is -2.89. The fourth-order valence-electron chi connectivity index (χ4n) is 2.48. The maximum absolute atomic E-state index is 10.2. The van der Waals surface area contributed by atoms with Crippen LogP contribution in [-0.4, -0.2) is 43.3 Å². The Morgan fingerprint density at radius 2 is 2.11 bits per heavy atom. The van der Waals surface area contributed by atoms with Crippen LogP contribution in [0.5, 0.6) is 5.75 Å². The minimum absolute atomic E-state index is 0.0986. The van der Waals surface area contributed by atoms with E-state index in [-0.39, 0.29) is 6.61 Å². The van der Waals surface area contributed by atoms with Gasteiger partial charge in [-0.25, -0.2) is 0 Å². The van der Waals surface area contributed by atoms with Crippen molar-refractivity contribution < 1.29 is 9.84 Å². The molecule has 0 saturated carbocycles. The third kappa shape index (κ3) is 4.64. The average Bonchev–Trinajstić information content (AvgIpc) is 3.14. The minimum Gasteiger partial charge on any atom is -0.489 e. The molecule has 8 heteroatoms. The van der Waals surface area contributed by atoms with Gasteiger partial charge in [0.1, 0.15) is 18.4 Å². The first-order valence-corrected chi connectivity index (χ1v) is 9.48. The van der Waals surface area contributed by atoms with Gasteiger partial charge in [0.2, 0.25) is 0 Å². The molecule has 1 atom stereocenters. The van der Waals surface area contributed by atoms with E-state index in [4.69, 9.17) is 10.00 Å². The maximum Gasteiger partial charge on any atom is 0.191 e. The van der Waals surface area contributed by atoms with Gasteiger partial charge < -0.3 is 14.4 Å². The van der Waals surface area contributed by atoms with Crippen LogP contribution in [0.15, 0.2) is 53.9 Å². The lowest BCUT2D eigenvalue weighted by Crippen LogP contribution is -2.20. The Labute approximate surface area is 161 Å². The second kappa shape index (κ2) is 9.16. The second-order valence-corrected chi connectivity index (χ2v) is 6.66. The van der Waals surface area contributed by atoms with E-state index < -0.39 is 6.10 Å². The quantitative estimate of drug-likeness (QED) is 0.599. The molecule has 0 fully saturated rings. The van der Waals surface area contributed by atoms with Crippen LogP contribution in [0.2, 0.25) is 0 Å². The lowest BCUT2D eigenvalue weighted by atomic mass is 10.2. The molecule has 7 nitrogen and oxygen atoms in total. The number of hydrogen-bond acceptors (Lipinski definition) is 7. The predicted octanol–water partition coefficient (Wildman–Crippen LogP) is 2.76. The monoisotopic (exact) mass is 381 g/mol. The summed E-state index contributed by atoms with van der Waals surface area (Å²) < 4.78 is 7.56. The van der Waals surface area contributed by atoms with Crippen molar-refractivity contribution >= 4 is 11.8 Å². The molecule has 1 unspecified atom stereocenters. The summed E-state index contributed by atoms with van der Waals surface area (Å²) in [5, 5.41) is 28.5. The number of nitriles is 1. The number of thioether (sulfide) groups is 1. The first-order chi connectivity index (χ1) is 13.2. The number of hydrogen-bond donors (Lipinski definition) is 1. The summed E-state index contributed by atoms with van der Waals surface area (Å²) in [7, 11) is 0.